The summed E-state index contributed by atoms with van der Waals surface area (Å²) in [7, 11) is 0. The molecule has 1 atom stereocenters. The van der Waals surface area contributed by atoms with Gasteiger partial charge in [0.2, 0.25) is 6.29 Å². The molecule has 0 saturated heterocycles. The van der Waals surface area contributed by atoms with E-state index in [-0.39, 0.29) is 12.8 Å². The van der Waals surface area contributed by atoms with Crippen molar-refractivity contribution in [2.45, 2.75) is 29.8 Å². The molecule has 0 spiro atoms. The van der Waals surface area contributed by atoms with Crippen LogP contribution in [0.5, 0.6) is 0 Å². The van der Waals surface area contributed by atoms with Gasteiger partial charge in [-0.3, -0.25) is 4.79 Å². The SMILES string of the molecule is CC(=O)OC(O)CCC(Cl)(Cl)Cl. The number of alkyl halides is 3. The molecule has 12 heavy (non-hydrogen) atoms. The van der Waals surface area contributed by atoms with E-state index in [9.17, 15) is 4.79 Å². The molecule has 1 unspecified atom stereocenters. The second kappa shape index (κ2) is 5.12. The van der Waals surface area contributed by atoms with Crippen LogP contribution in [-0.2, 0) is 9.53 Å². The summed E-state index contributed by atoms with van der Waals surface area (Å²) >= 11 is 16.2. The minimum atomic E-state index is -1.42. The number of hydrogen-bond acceptors (Lipinski definition) is 3. The predicted octanol–water partition coefficient (Wildman–Crippen LogP) is 2.02. The first-order chi connectivity index (χ1) is 5.31. The molecule has 0 saturated carbocycles. The first-order valence-corrected chi connectivity index (χ1v) is 4.36. The largest absolute Gasteiger partial charge is 0.436 e. The number of ether oxygens (including phenoxy) is 1. The maximum atomic E-state index is 10.3. The molecule has 0 aromatic carbocycles. The Bertz CT molecular complexity index is 155. The standard InChI is InChI=1S/C6H9Cl3O3/c1-4(10)12-5(11)2-3-6(7,8)9/h5,11H,2-3H2,1H3. The van der Waals surface area contributed by atoms with Crippen molar-refractivity contribution in [3.8, 4) is 0 Å². The van der Waals surface area contributed by atoms with E-state index in [4.69, 9.17) is 39.9 Å². The van der Waals surface area contributed by atoms with Gasteiger partial charge in [-0.15, -0.1) is 0 Å². The van der Waals surface area contributed by atoms with Crippen molar-refractivity contribution in [2.75, 3.05) is 0 Å². The van der Waals surface area contributed by atoms with Gasteiger partial charge >= 0.3 is 5.97 Å². The lowest BCUT2D eigenvalue weighted by molar-refractivity contribution is -0.165. The van der Waals surface area contributed by atoms with Crippen LogP contribution in [0.3, 0.4) is 0 Å². The summed E-state index contributed by atoms with van der Waals surface area (Å²) in [5, 5.41) is 8.96. The maximum Gasteiger partial charge on any atom is 0.304 e. The maximum absolute atomic E-state index is 10.3. The molecule has 0 radical (unpaired) electrons. The fourth-order valence-corrected chi connectivity index (χ4v) is 0.865. The Kier molecular flexibility index (Phi) is 5.25. The Morgan fingerprint density at radius 1 is 1.58 bits per heavy atom. The molecule has 0 heterocycles. The summed E-state index contributed by atoms with van der Waals surface area (Å²) in [6.45, 7) is 1.19. The van der Waals surface area contributed by atoms with Crippen molar-refractivity contribution in [1.82, 2.24) is 0 Å². The van der Waals surface area contributed by atoms with Crippen molar-refractivity contribution in [3.05, 3.63) is 0 Å². The van der Waals surface area contributed by atoms with E-state index < -0.39 is 16.1 Å². The normalized spacial score (nSPS) is 14.1. The van der Waals surface area contributed by atoms with Crippen molar-refractivity contribution >= 4 is 40.8 Å². The quantitative estimate of drug-likeness (QED) is 0.462. The lowest BCUT2D eigenvalue weighted by Crippen LogP contribution is -2.17. The van der Waals surface area contributed by atoms with E-state index in [0.717, 1.165) is 0 Å². The van der Waals surface area contributed by atoms with Crippen LogP contribution in [0.15, 0.2) is 0 Å². The number of rotatable bonds is 3. The van der Waals surface area contributed by atoms with Gasteiger partial charge in [-0.25, -0.2) is 0 Å². The Morgan fingerprint density at radius 3 is 2.42 bits per heavy atom. The number of carbonyl (C=O) groups excluding carboxylic acids is 1. The highest BCUT2D eigenvalue weighted by Gasteiger charge is 2.21. The second-order valence-electron chi connectivity index (χ2n) is 2.22. The van der Waals surface area contributed by atoms with Crippen molar-refractivity contribution < 1.29 is 14.6 Å². The Morgan fingerprint density at radius 2 is 2.08 bits per heavy atom. The van der Waals surface area contributed by atoms with E-state index in [2.05, 4.69) is 4.74 Å². The zero-order chi connectivity index (χ0) is 9.78. The molecule has 0 aromatic heterocycles. The van der Waals surface area contributed by atoms with Gasteiger partial charge in [-0.05, 0) is 0 Å². The van der Waals surface area contributed by atoms with Gasteiger partial charge in [0, 0.05) is 19.8 Å². The molecular weight excluding hydrogens is 226 g/mol. The number of carbonyl (C=O) groups is 1. The highest BCUT2D eigenvalue weighted by molar-refractivity contribution is 6.67. The lowest BCUT2D eigenvalue weighted by Gasteiger charge is -2.14. The van der Waals surface area contributed by atoms with Crippen LogP contribution in [0.1, 0.15) is 19.8 Å². The fraction of sp³-hybridized carbons (Fsp3) is 0.833. The van der Waals surface area contributed by atoms with E-state index in [1.807, 2.05) is 0 Å². The highest BCUT2D eigenvalue weighted by Crippen LogP contribution is 2.31. The van der Waals surface area contributed by atoms with E-state index in [1.54, 1.807) is 0 Å². The van der Waals surface area contributed by atoms with E-state index in [0.29, 0.717) is 0 Å². The average molecular weight is 235 g/mol. The van der Waals surface area contributed by atoms with Gasteiger partial charge in [0.1, 0.15) is 0 Å². The molecule has 0 aromatic rings. The third-order valence-electron chi connectivity index (χ3n) is 0.977. The Hall–Kier alpha value is 0.300. The van der Waals surface area contributed by atoms with Gasteiger partial charge in [0.25, 0.3) is 0 Å². The monoisotopic (exact) mass is 234 g/mol. The third kappa shape index (κ3) is 8.40. The van der Waals surface area contributed by atoms with Crippen LogP contribution in [0.4, 0.5) is 0 Å². The van der Waals surface area contributed by atoms with E-state index >= 15 is 0 Å². The van der Waals surface area contributed by atoms with Gasteiger partial charge in [-0.2, -0.15) is 0 Å². The molecule has 1 N–H and O–H groups in total. The van der Waals surface area contributed by atoms with Gasteiger partial charge in [0.15, 0.2) is 3.79 Å². The number of esters is 1. The first kappa shape index (κ1) is 12.3. The summed E-state index contributed by atoms with van der Waals surface area (Å²) < 4.78 is 2.97. The minimum absolute atomic E-state index is 0.107. The summed E-state index contributed by atoms with van der Waals surface area (Å²) in [5.74, 6) is -0.563. The van der Waals surface area contributed by atoms with Gasteiger partial charge in [0.05, 0.1) is 0 Å². The molecule has 72 valence electrons. The van der Waals surface area contributed by atoms with E-state index in [1.165, 1.54) is 6.92 Å². The summed E-state index contributed by atoms with van der Waals surface area (Å²) in [6.07, 6.45) is -0.958. The number of halogens is 3. The smallest absolute Gasteiger partial charge is 0.304 e. The number of aliphatic hydroxyl groups excluding tert-OH is 1. The van der Waals surface area contributed by atoms with Crippen LogP contribution in [-0.4, -0.2) is 21.2 Å². The van der Waals surface area contributed by atoms with Gasteiger partial charge < -0.3 is 9.84 Å². The third-order valence-corrected chi connectivity index (χ3v) is 1.54. The first-order valence-electron chi connectivity index (χ1n) is 3.23. The Balaban J connectivity index is 3.57. The Labute approximate surface area is 85.5 Å². The lowest BCUT2D eigenvalue weighted by atomic mass is 10.3. The zero-order valence-corrected chi connectivity index (χ0v) is 8.66. The molecule has 3 nitrogen and oxygen atoms in total. The highest BCUT2D eigenvalue weighted by atomic mass is 35.6. The average Bonchev–Trinajstić information content (AvgIpc) is 1.80. The zero-order valence-electron chi connectivity index (χ0n) is 6.39. The molecule has 0 aliphatic rings. The fourth-order valence-electron chi connectivity index (χ4n) is 0.538. The number of hydrogen-bond donors (Lipinski definition) is 1. The van der Waals surface area contributed by atoms with Crippen LogP contribution < -0.4 is 0 Å². The summed E-state index contributed by atoms with van der Waals surface area (Å²) in [6, 6.07) is 0. The van der Waals surface area contributed by atoms with Crippen molar-refractivity contribution in [3.63, 3.8) is 0 Å². The van der Waals surface area contributed by atoms with Gasteiger partial charge in [-0.1, -0.05) is 34.8 Å². The molecule has 6 heteroatoms. The predicted molar refractivity (Wildman–Crippen MR) is 47.3 cm³/mol. The summed E-state index contributed by atoms with van der Waals surface area (Å²) in [4.78, 5) is 10.3. The van der Waals surface area contributed by atoms with Crippen LogP contribution in [0.25, 0.3) is 0 Å². The van der Waals surface area contributed by atoms with Crippen LogP contribution in [0.2, 0.25) is 0 Å². The number of aliphatic hydroxyl groups is 1. The van der Waals surface area contributed by atoms with Crippen molar-refractivity contribution in [1.29, 1.82) is 0 Å². The minimum Gasteiger partial charge on any atom is -0.436 e. The molecular formula is C6H9Cl3O3. The topological polar surface area (TPSA) is 46.5 Å². The van der Waals surface area contributed by atoms with Crippen molar-refractivity contribution in [2.24, 2.45) is 0 Å². The molecule has 0 rings (SSSR count). The van der Waals surface area contributed by atoms with Crippen LogP contribution in [0, 0.1) is 0 Å². The molecule has 0 aliphatic carbocycles. The molecule has 0 bridgehead atoms. The molecule has 0 fully saturated rings. The second-order valence-corrected chi connectivity index (χ2v) is 4.73. The molecule has 0 aliphatic heterocycles. The van der Waals surface area contributed by atoms with Crippen LogP contribution >= 0.6 is 34.8 Å². The summed E-state index contributed by atoms with van der Waals surface area (Å²) in [5.41, 5.74) is 0. The molecule has 0 amide bonds.